The van der Waals surface area contributed by atoms with Crippen LogP contribution < -0.4 is 39.8 Å². The third-order valence-electron chi connectivity index (χ3n) is 9.18. The minimum absolute atomic E-state index is 0. The Morgan fingerprint density at radius 3 is 1.48 bits per heavy atom. The standard InChI is InChI=1S/C37H60N2O3S.Na/c1-2-3-4-5-6-7-8-9-10-11-12-13-14-15-16-17-18-19-20-21-27-32-37(43(40,41)42)38-35-30-25-26-31-36(35)39(37)33-34-28-23-22-24-29-34;/h22-26,28-31,38H,2-21,27,32-33H2,1H3,(H,40,41,42);/q;+1/p-1. The molecule has 7 heteroatoms. The summed E-state index contributed by atoms with van der Waals surface area (Å²) in [6.07, 6.45) is 27.7. The SMILES string of the molecule is CCCCCCCCCCCCCCCCCCCCCCCC1(S(=O)(=O)[O-])Nc2ccccc2N1Cc1ccccc1.[Na+]. The van der Waals surface area contributed by atoms with Gasteiger partial charge in [0.1, 0.15) is 10.1 Å². The number of para-hydroxylation sites is 2. The van der Waals surface area contributed by atoms with Gasteiger partial charge in [-0.15, -0.1) is 0 Å². The third-order valence-corrected chi connectivity index (χ3v) is 10.5. The molecular formula is C37H59N2NaO3S. The average Bonchev–Trinajstić information content (AvgIpc) is 3.32. The molecule has 1 atom stereocenters. The van der Waals surface area contributed by atoms with Crippen molar-refractivity contribution in [1.29, 1.82) is 0 Å². The van der Waals surface area contributed by atoms with E-state index in [1.165, 1.54) is 116 Å². The van der Waals surface area contributed by atoms with E-state index in [4.69, 9.17) is 0 Å². The van der Waals surface area contributed by atoms with Gasteiger partial charge in [0, 0.05) is 13.0 Å². The fraction of sp³-hybridized carbons (Fsp3) is 0.676. The first kappa shape index (κ1) is 39.1. The van der Waals surface area contributed by atoms with E-state index in [0.29, 0.717) is 18.7 Å². The zero-order chi connectivity index (χ0) is 30.6. The Balaban J connectivity index is 0.00000675. The van der Waals surface area contributed by atoms with Crippen LogP contribution in [0.5, 0.6) is 0 Å². The van der Waals surface area contributed by atoms with Crippen molar-refractivity contribution < 1.29 is 42.5 Å². The van der Waals surface area contributed by atoms with Crippen LogP contribution in [-0.2, 0) is 16.7 Å². The normalized spacial score (nSPS) is 16.0. The molecular weight excluding hydrogens is 575 g/mol. The molecule has 0 aromatic heterocycles. The van der Waals surface area contributed by atoms with Crippen LogP contribution in [0.3, 0.4) is 0 Å². The fourth-order valence-electron chi connectivity index (χ4n) is 6.58. The van der Waals surface area contributed by atoms with Gasteiger partial charge in [0.2, 0.25) is 4.99 Å². The maximum absolute atomic E-state index is 12.8. The quantitative estimate of drug-likeness (QED) is 0.0683. The summed E-state index contributed by atoms with van der Waals surface area (Å²) in [4.78, 5) is 0.122. The van der Waals surface area contributed by atoms with Crippen LogP contribution in [-0.4, -0.2) is 18.0 Å². The second-order valence-electron chi connectivity index (χ2n) is 12.8. The van der Waals surface area contributed by atoms with Crippen LogP contribution in [0.2, 0.25) is 0 Å². The van der Waals surface area contributed by atoms with Crippen LogP contribution in [0, 0.1) is 0 Å². The van der Waals surface area contributed by atoms with Gasteiger partial charge < -0.3 is 14.8 Å². The Bertz CT molecular complexity index is 1110. The molecule has 0 saturated carbocycles. The molecule has 0 spiro atoms. The molecule has 1 aliphatic heterocycles. The Kier molecular flexibility index (Phi) is 20.0. The number of anilines is 2. The first-order valence-corrected chi connectivity index (χ1v) is 19.0. The molecule has 3 rings (SSSR count). The van der Waals surface area contributed by atoms with Crippen molar-refractivity contribution >= 4 is 21.5 Å². The third kappa shape index (κ3) is 13.4. The summed E-state index contributed by atoms with van der Waals surface area (Å²) in [6.45, 7) is 2.65. The van der Waals surface area contributed by atoms with E-state index < -0.39 is 15.1 Å². The maximum Gasteiger partial charge on any atom is 1.00 e. The predicted octanol–water partition coefficient (Wildman–Crippen LogP) is 7.92. The molecule has 1 heterocycles. The average molecular weight is 635 g/mol. The van der Waals surface area contributed by atoms with Crippen LogP contribution in [0.4, 0.5) is 11.4 Å². The Labute approximate surface area is 292 Å². The molecule has 44 heavy (non-hydrogen) atoms. The van der Waals surface area contributed by atoms with Crippen molar-refractivity contribution in [2.75, 3.05) is 10.2 Å². The second-order valence-corrected chi connectivity index (χ2v) is 14.4. The summed E-state index contributed by atoms with van der Waals surface area (Å²) in [6, 6.07) is 17.3. The van der Waals surface area contributed by atoms with Gasteiger partial charge in [-0.1, -0.05) is 178 Å². The van der Waals surface area contributed by atoms with Gasteiger partial charge in [0.05, 0.1) is 11.4 Å². The van der Waals surface area contributed by atoms with Gasteiger partial charge >= 0.3 is 29.6 Å². The van der Waals surface area contributed by atoms with E-state index in [1.54, 1.807) is 4.90 Å². The topological polar surface area (TPSA) is 72.5 Å². The van der Waals surface area contributed by atoms with Crippen molar-refractivity contribution in [3.63, 3.8) is 0 Å². The molecule has 0 fully saturated rings. The van der Waals surface area contributed by atoms with Crippen LogP contribution in [0.15, 0.2) is 54.6 Å². The van der Waals surface area contributed by atoms with Crippen molar-refractivity contribution in [1.82, 2.24) is 0 Å². The van der Waals surface area contributed by atoms with Crippen LogP contribution in [0.25, 0.3) is 0 Å². The number of nitrogens with zero attached hydrogens (tertiary/aromatic N) is 1. The zero-order valence-corrected chi connectivity index (χ0v) is 30.9. The van der Waals surface area contributed by atoms with Crippen LogP contribution >= 0.6 is 0 Å². The van der Waals surface area contributed by atoms with E-state index in [1.807, 2.05) is 54.6 Å². The Morgan fingerprint density at radius 1 is 0.614 bits per heavy atom. The largest absolute Gasteiger partial charge is 1.00 e. The molecule has 5 nitrogen and oxygen atoms in total. The summed E-state index contributed by atoms with van der Waals surface area (Å²) >= 11 is 0. The monoisotopic (exact) mass is 634 g/mol. The van der Waals surface area contributed by atoms with E-state index in [0.717, 1.165) is 24.1 Å². The van der Waals surface area contributed by atoms with Gasteiger partial charge in [-0.2, -0.15) is 0 Å². The van der Waals surface area contributed by atoms with Gasteiger partial charge in [0.25, 0.3) is 0 Å². The van der Waals surface area contributed by atoms with Gasteiger partial charge in [-0.3, -0.25) is 0 Å². The Morgan fingerprint density at radius 2 is 1.02 bits per heavy atom. The van der Waals surface area contributed by atoms with E-state index in [-0.39, 0.29) is 36.0 Å². The number of rotatable bonds is 25. The molecule has 2 aromatic rings. The molecule has 0 bridgehead atoms. The molecule has 1 unspecified atom stereocenters. The van der Waals surface area contributed by atoms with Gasteiger partial charge in [-0.05, 0) is 24.1 Å². The molecule has 0 amide bonds. The predicted molar refractivity (Wildman–Crippen MR) is 182 cm³/mol. The first-order valence-electron chi connectivity index (χ1n) is 17.6. The van der Waals surface area contributed by atoms with Gasteiger partial charge in [0.15, 0.2) is 0 Å². The molecule has 1 aliphatic rings. The summed E-state index contributed by atoms with van der Waals surface area (Å²) in [5.41, 5.74) is 2.46. The molecule has 242 valence electrons. The number of hydrogen-bond donors (Lipinski definition) is 1. The molecule has 0 aliphatic carbocycles. The minimum atomic E-state index is -4.66. The van der Waals surface area contributed by atoms with E-state index >= 15 is 0 Å². The number of fused-ring (bicyclic) bond motifs is 1. The summed E-state index contributed by atoms with van der Waals surface area (Å²) in [5, 5.41) is 3.15. The molecule has 0 radical (unpaired) electrons. The molecule has 0 saturated heterocycles. The Hall–Kier alpha value is -1.05. The molecule has 2 aromatic carbocycles. The van der Waals surface area contributed by atoms with Crippen molar-refractivity contribution in [3.05, 3.63) is 60.2 Å². The first-order chi connectivity index (χ1) is 21.0. The summed E-state index contributed by atoms with van der Waals surface area (Å²) in [5.74, 6) is 0. The number of nitrogens with one attached hydrogen (secondary N) is 1. The van der Waals surface area contributed by atoms with Crippen molar-refractivity contribution in [2.45, 2.75) is 160 Å². The van der Waals surface area contributed by atoms with E-state index in [9.17, 15) is 13.0 Å². The minimum Gasteiger partial charge on any atom is -0.745 e. The smallest absolute Gasteiger partial charge is 0.745 e. The van der Waals surface area contributed by atoms with Crippen LogP contribution in [0.1, 0.15) is 154 Å². The van der Waals surface area contributed by atoms with Gasteiger partial charge in [-0.25, -0.2) is 8.42 Å². The number of unbranched alkanes of at least 4 members (excludes halogenated alkanes) is 20. The number of hydrogen-bond acceptors (Lipinski definition) is 5. The maximum atomic E-state index is 12.8. The fourth-order valence-corrected chi connectivity index (χ4v) is 7.64. The van der Waals surface area contributed by atoms with E-state index in [2.05, 4.69) is 12.2 Å². The van der Waals surface area contributed by atoms with Crippen molar-refractivity contribution in [2.24, 2.45) is 0 Å². The summed E-state index contributed by atoms with van der Waals surface area (Å²) < 4.78 is 38.4. The summed E-state index contributed by atoms with van der Waals surface area (Å²) in [7, 11) is -4.66. The van der Waals surface area contributed by atoms with Crippen molar-refractivity contribution in [3.8, 4) is 0 Å². The second kappa shape index (κ2) is 22.5. The zero-order valence-electron chi connectivity index (χ0n) is 28.0. The number of benzene rings is 2. The molecule has 1 N–H and O–H groups in total.